The van der Waals surface area contributed by atoms with E-state index in [2.05, 4.69) is 16.0 Å². The van der Waals surface area contributed by atoms with E-state index in [1.165, 1.54) is 18.2 Å². The molecule has 1 aromatic carbocycles. The number of rotatable bonds is 8. The first-order chi connectivity index (χ1) is 13.3. The number of nitrogens with zero attached hydrogens (tertiary/aromatic N) is 1. The Bertz CT molecular complexity index is 675. The Balaban J connectivity index is 1.76. The molecule has 3 amide bonds. The van der Waals surface area contributed by atoms with Crippen molar-refractivity contribution in [2.75, 3.05) is 39.0 Å². The third-order valence-corrected chi connectivity index (χ3v) is 4.28. The van der Waals surface area contributed by atoms with Gasteiger partial charge in [0.25, 0.3) is 0 Å². The maximum Gasteiger partial charge on any atom is 0.319 e. The lowest BCUT2D eigenvalue weighted by Gasteiger charge is -2.16. The van der Waals surface area contributed by atoms with Crippen LogP contribution < -0.4 is 16.0 Å². The minimum atomic E-state index is -1.24. The summed E-state index contributed by atoms with van der Waals surface area (Å²) in [5, 5.41) is 27.8. The highest BCUT2D eigenvalue weighted by Gasteiger charge is 2.43. The fourth-order valence-electron chi connectivity index (χ4n) is 2.77. The molecule has 9 nitrogen and oxygen atoms in total. The number of hydrogen-bond donors (Lipinski definition) is 5. The molecule has 0 saturated carbocycles. The molecule has 156 valence electrons. The molecule has 0 radical (unpaired) electrons. The number of halogens is 1. The minimum Gasteiger partial charge on any atom is -0.388 e. The molecular weight excluding hydrogens is 371 g/mol. The van der Waals surface area contributed by atoms with Gasteiger partial charge in [-0.05, 0) is 32.3 Å². The van der Waals surface area contributed by atoms with Crippen molar-refractivity contribution in [2.45, 2.75) is 30.8 Å². The summed E-state index contributed by atoms with van der Waals surface area (Å²) in [5.41, 5.74) is 0.276. The number of aliphatic hydroxyl groups is 2. The van der Waals surface area contributed by atoms with Crippen molar-refractivity contribution in [1.82, 2.24) is 15.5 Å². The Morgan fingerprint density at radius 3 is 2.57 bits per heavy atom. The minimum absolute atomic E-state index is 0.0852. The highest BCUT2D eigenvalue weighted by atomic mass is 19.1. The Kier molecular flexibility index (Phi) is 8.12. The van der Waals surface area contributed by atoms with Crippen molar-refractivity contribution >= 4 is 17.6 Å². The van der Waals surface area contributed by atoms with Crippen LogP contribution in [0, 0.1) is 5.82 Å². The van der Waals surface area contributed by atoms with Crippen molar-refractivity contribution in [2.24, 2.45) is 0 Å². The van der Waals surface area contributed by atoms with E-state index >= 15 is 0 Å². The summed E-state index contributed by atoms with van der Waals surface area (Å²) in [4.78, 5) is 25.7. The van der Waals surface area contributed by atoms with Crippen LogP contribution >= 0.6 is 0 Å². The third-order valence-electron chi connectivity index (χ3n) is 4.28. The molecule has 5 N–H and O–H groups in total. The molecule has 0 aliphatic carbocycles. The van der Waals surface area contributed by atoms with E-state index in [9.17, 15) is 24.2 Å². The van der Waals surface area contributed by atoms with Gasteiger partial charge in [0.1, 0.15) is 24.1 Å². The number of carbonyl (C=O) groups is 2. The smallest absolute Gasteiger partial charge is 0.319 e. The van der Waals surface area contributed by atoms with E-state index in [-0.39, 0.29) is 24.6 Å². The molecular formula is C18H27FN4O5. The molecule has 28 heavy (non-hydrogen) atoms. The van der Waals surface area contributed by atoms with Gasteiger partial charge < -0.3 is 35.8 Å². The van der Waals surface area contributed by atoms with E-state index in [1.807, 2.05) is 19.0 Å². The highest BCUT2D eigenvalue weighted by molar-refractivity contribution is 5.89. The van der Waals surface area contributed by atoms with Crippen LogP contribution in [0.1, 0.15) is 6.42 Å². The summed E-state index contributed by atoms with van der Waals surface area (Å²) in [7, 11) is 3.77. The number of amides is 3. The van der Waals surface area contributed by atoms with Gasteiger partial charge in [0.05, 0.1) is 12.5 Å². The molecule has 0 spiro atoms. The second-order valence-corrected chi connectivity index (χ2v) is 6.90. The quantitative estimate of drug-likeness (QED) is 0.403. The molecule has 0 aromatic heterocycles. The van der Waals surface area contributed by atoms with Crippen LogP contribution in [0.15, 0.2) is 24.3 Å². The number of likely N-dealkylation sites (N-methyl/N-ethyl adjacent to an activating group) is 1. The molecule has 1 heterocycles. The first-order valence-electron chi connectivity index (χ1n) is 8.99. The van der Waals surface area contributed by atoms with E-state index in [0.717, 1.165) is 6.07 Å². The zero-order valence-corrected chi connectivity index (χ0v) is 15.9. The van der Waals surface area contributed by atoms with Crippen LogP contribution in [-0.2, 0) is 9.53 Å². The molecule has 10 heteroatoms. The summed E-state index contributed by atoms with van der Waals surface area (Å²) in [5.74, 6) is -0.780. The molecule has 1 aliphatic heterocycles. The standard InChI is InChI=1S/C18H27FN4O5/c1-23(2)7-6-20-15(24)9-13-16(25)17(26)14(28-13)10-21-18(27)22-12-5-3-4-11(19)8-12/h3-5,8,13-14,16-17,25-26H,6-7,9-10H2,1-2H3,(H,20,24)(H2,21,22,27)/t13-,14-,16+,17-/m1/s1. The Morgan fingerprint density at radius 1 is 1.18 bits per heavy atom. The number of anilines is 1. The van der Waals surface area contributed by atoms with Crippen LogP contribution in [0.5, 0.6) is 0 Å². The Morgan fingerprint density at radius 2 is 1.89 bits per heavy atom. The SMILES string of the molecule is CN(C)CCNC(=O)C[C@H]1O[C@H](CNC(=O)Nc2cccc(F)c2)[C@@H](O)[C@H]1O. The normalized spacial score (nSPS) is 24.2. The maximum absolute atomic E-state index is 13.1. The van der Waals surface area contributed by atoms with Crippen molar-refractivity contribution in [1.29, 1.82) is 0 Å². The molecule has 1 saturated heterocycles. The van der Waals surface area contributed by atoms with Gasteiger partial charge >= 0.3 is 6.03 Å². The average Bonchev–Trinajstić information content (AvgIpc) is 2.87. The Hall–Kier alpha value is -2.27. The first kappa shape index (κ1) is 22.0. The first-order valence-corrected chi connectivity index (χ1v) is 8.99. The van der Waals surface area contributed by atoms with E-state index in [1.54, 1.807) is 0 Å². The fraction of sp³-hybridized carbons (Fsp3) is 0.556. The van der Waals surface area contributed by atoms with Gasteiger partial charge in [0, 0.05) is 25.3 Å². The monoisotopic (exact) mass is 398 g/mol. The number of hydrogen-bond acceptors (Lipinski definition) is 6. The van der Waals surface area contributed by atoms with Crippen molar-refractivity contribution in [3.05, 3.63) is 30.1 Å². The van der Waals surface area contributed by atoms with Crippen LogP contribution in [-0.4, -0.2) is 85.2 Å². The molecule has 1 aromatic rings. The second-order valence-electron chi connectivity index (χ2n) is 6.90. The summed E-state index contributed by atoms with van der Waals surface area (Å²) in [6.45, 7) is 1.05. The van der Waals surface area contributed by atoms with Crippen molar-refractivity contribution < 1.29 is 28.9 Å². The van der Waals surface area contributed by atoms with Crippen LogP contribution in [0.2, 0.25) is 0 Å². The number of aliphatic hydroxyl groups excluding tert-OH is 2. The lowest BCUT2D eigenvalue weighted by molar-refractivity contribution is -0.125. The predicted octanol–water partition coefficient (Wildman–Crippen LogP) is -0.496. The molecule has 0 bridgehead atoms. The number of nitrogens with one attached hydrogen (secondary N) is 3. The van der Waals surface area contributed by atoms with Gasteiger partial charge in [0.2, 0.25) is 5.91 Å². The van der Waals surface area contributed by atoms with E-state index in [0.29, 0.717) is 13.1 Å². The molecule has 2 rings (SSSR count). The number of urea groups is 1. The van der Waals surface area contributed by atoms with Crippen molar-refractivity contribution in [3.8, 4) is 0 Å². The zero-order chi connectivity index (χ0) is 20.7. The average molecular weight is 398 g/mol. The number of carbonyl (C=O) groups excluding carboxylic acids is 2. The van der Waals surface area contributed by atoms with Gasteiger partial charge in [-0.2, -0.15) is 0 Å². The largest absolute Gasteiger partial charge is 0.388 e. The third kappa shape index (κ3) is 6.71. The Labute approximate surface area is 162 Å². The lowest BCUT2D eigenvalue weighted by atomic mass is 10.1. The maximum atomic E-state index is 13.1. The highest BCUT2D eigenvalue weighted by Crippen LogP contribution is 2.23. The summed E-state index contributed by atoms with van der Waals surface area (Å²) < 4.78 is 18.7. The molecule has 0 unspecified atom stereocenters. The summed E-state index contributed by atoms with van der Waals surface area (Å²) in [6, 6.07) is 4.79. The van der Waals surface area contributed by atoms with Gasteiger partial charge in [0.15, 0.2) is 0 Å². The van der Waals surface area contributed by atoms with Gasteiger partial charge in [-0.1, -0.05) is 6.07 Å². The summed E-state index contributed by atoms with van der Waals surface area (Å²) in [6.07, 6.45) is -4.32. The van der Waals surface area contributed by atoms with E-state index in [4.69, 9.17) is 4.74 Å². The number of ether oxygens (including phenoxy) is 1. The lowest BCUT2D eigenvalue weighted by Crippen LogP contribution is -2.41. The fourth-order valence-corrected chi connectivity index (χ4v) is 2.77. The molecule has 4 atom stereocenters. The van der Waals surface area contributed by atoms with E-state index < -0.39 is 36.3 Å². The van der Waals surface area contributed by atoms with Crippen LogP contribution in [0.25, 0.3) is 0 Å². The zero-order valence-electron chi connectivity index (χ0n) is 15.9. The number of benzene rings is 1. The van der Waals surface area contributed by atoms with Gasteiger partial charge in [-0.25, -0.2) is 9.18 Å². The van der Waals surface area contributed by atoms with Crippen LogP contribution in [0.3, 0.4) is 0 Å². The van der Waals surface area contributed by atoms with Crippen molar-refractivity contribution in [3.63, 3.8) is 0 Å². The second kappa shape index (κ2) is 10.3. The van der Waals surface area contributed by atoms with Gasteiger partial charge in [-0.3, -0.25) is 4.79 Å². The molecule has 1 fully saturated rings. The predicted molar refractivity (Wildman–Crippen MR) is 100 cm³/mol. The topological polar surface area (TPSA) is 123 Å². The molecule has 1 aliphatic rings. The summed E-state index contributed by atoms with van der Waals surface area (Å²) >= 11 is 0. The van der Waals surface area contributed by atoms with Gasteiger partial charge in [-0.15, -0.1) is 0 Å². The van der Waals surface area contributed by atoms with Crippen LogP contribution in [0.4, 0.5) is 14.9 Å².